The fraction of sp³-hybridized carbons (Fsp3) is 0.467. The van der Waals surface area contributed by atoms with Gasteiger partial charge < -0.3 is 9.64 Å². The molecular formula is C30H33FN2O2. The maximum Gasteiger partial charge on any atom is 0.229 e. The maximum absolute atomic E-state index is 14.6. The lowest BCUT2D eigenvalue weighted by Crippen LogP contribution is -2.55. The molecule has 1 aromatic heterocycles. The minimum Gasteiger partial charge on any atom is -0.381 e. The highest BCUT2D eigenvalue weighted by atomic mass is 19.1. The molecule has 4 heterocycles. The minimum atomic E-state index is -0.562. The Bertz CT molecular complexity index is 1200. The fourth-order valence-electron chi connectivity index (χ4n) is 6.95. The van der Waals surface area contributed by atoms with E-state index in [0.29, 0.717) is 44.0 Å². The molecule has 2 unspecified atom stereocenters. The van der Waals surface area contributed by atoms with Crippen LogP contribution in [-0.2, 0) is 22.4 Å². The number of fused-ring (bicyclic) bond motifs is 3. The predicted octanol–water partition coefficient (Wildman–Crippen LogP) is 5.73. The van der Waals surface area contributed by atoms with Crippen LogP contribution in [0.3, 0.4) is 0 Å². The van der Waals surface area contributed by atoms with Crippen molar-refractivity contribution >= 4 is 16.7 Å². The Labute approximate surface area is 206 Å². The van der Waals surface area contributed by atoms with E-state index < -0.39 is 5.41 Å². The van der Waals surface area contributed by atoms with Crippen LogP contribution >= 0.6 is 0 Å². The number of aromatic nitrogens is 1. The number of carbonyl (C=O) groups is 1. The second kappa shape index (κ2) is 9.34. The van der Waals surface area contributed by atoms with Crippen LogP contribution in [0.4, 0.5) is 4.39 Å². The third-order valence-corrected chi connectivity index (χ3v) is 8.71. The van der Waals surface area contributed by atoms with Gasteiger partial charge in [0.25, 0.3) is 0 Å². The number of halogens is 1. The second-order valence-electron chi connectivity index (χ2n) is 10.8. The molecule has 2 bridgehead atoms. The lowest BCUT2D eigenvalue weighted by Gasteiger charge is -2.46. The molecule has 0 spiro atoms. The van der Waals surface area contributed by atoms with E-state index in [0.717, 1.165) is 32.1 Å². The summed E-state index contributed by atoms with van der Waals surface area (Å²) in [7, 11) is 0. The van der Waals surface area contributed by atoms with Crippen molar-refractivity contribution < 1.29 is 13.9 Å². The molecule has 182 valence electrons. The molecule has 3 saturated heterocycles. The van der Waals surface area contributed by atoms with Gasteiger partial charge in [-0.05, 0) is 79.9 Å². The smallest absolute Gasteiger partial charge is 0.229 e. The zero-order valence-electron chi connectivity index (χ0n) is 20.2. The third kappa shape index (κ3) is 4.24. The van der Waals surface area contributed by atoms with Gasteiger partial charge in [0.15, 0.2) is 0 Å². The molecule has 3 aromatic rings. The molecule has 0 saturated carbocycles. The predicted molar refractivity (Wildman–Crippen MR) is 134 cm³/mol. The Morgan fingerprint density at radius 1 is 0.971 bits per heavy atom. The van der Waals surface area contributed by atoms with E-state index in [4.69, 9.17) is 4.74 Å². The highest BCUT2D eigenvalue weighted by Gasteiger charge is 2.50. The van der Waals surface area contributed by atoms with E-state index in [1.165, 1.54) is 22.4 Å². The van der Waals surface area contributed by atoms with Crippen molar-refractivity contribution in [3.8, 4) is 0 Å². The molecule has 35 heavy (non-hydrogen) atoms. The van der Waals surface area contributed by atoms with Crippen LogP contribution in [0.2, 0.25) is 0 Å². The van der Waals surface area contributed by atoms with Gasteiger partial charge in [0.1, 0.15) is 5.82 Å². The van der Waals surface area contributed by atoms with Gasteiger partial charge in [0, 0.05) is 43.1 Å². The summed E-state index contributed by atoms with van der Waals surface area (Å²) in [6, 6.07) is 16.0. The SMILES string of the molecule is O=C(N1C2CCC1CC(Cc1cncc3ccccc13)C2)C1(Cc2ccccc2F)CCOCC1. The molecule has 3 aliphatic heterocycles. The summed E-state index contributed by atoms with van der Waals surface area (Å²) in [4.78, 5) is 20.9. The van der Waals surface area contributed by atoms with Gasteiger partial charge in [-0.2, -0.15) is 0 Å². The van der Waals surface area contributed by atoms with E-state index in [9.17, 15) is 9.18 Å². The molecule has 0 aliphatic carbocycles. The van der Waals surface area contributed by atoms with Crippen LogP contribution in [0.25, 0.3) is 10.8 Å². The van der Waals surface area contributed by atoms with Crippen molar-refractivity contribution in [1.82, 2.24) is 9.88 Å². The molecule has 5 heteroatoms. The minimum absolute atomic E-state index is 0.212. The number of hydrogen-bond acceptors (Lipinski definition) is 3. The first-order chi connectivity index (χ1) is 17.1. The number of benzene rings is 2. The number of piperidine rings is 1. The van der Waals surface area contributed by atoms with E-state index in [-0.39, 0.29) is 23.8 Å². The first-order valence-electron chi connectivity index (χ1n) is 13.1. The average molecular weight is 473 g/mol. The quantitative estimate of drug-likeness (QED) is 0.477. The van der Waals surface area contributed by atoms with Crippen LogP contribution in [-0.4, -0.2) is 41.1 Å². The second-order valence-corrected chi connectivity index (χ2v) is 10.8. The Kier molecular flexibility index (Phi) is 6.05. The molecule has 0 radical (unpaired) electrons. The van der Waals surface area contributed by atoms with Crippen LogP contribution in [0, 0.1) is 17.2 Å². The number of hydrogen-bond donors (Lipinski definition) is 0. The lowest BCUT2D eigenvalue weighted by molar-refractivity contribution is -0.153. The molecule has 3 aliphatic rings. The zero-order chi connectivity index (χ0) is 23.8. The van der Waals surface area contributed by atoms with Crippen LogP contribution in [0.5, 0.6) is 0 Å². The molecule has 2 aromatic carbocycles. The Hall–Kier alpha value is -2.79. The molecule has 3 fully saturated rings. The summed E-state index contributed by atoms with van der Waals surface area (Å²) < 4.78 is 20.2. The molecular weight excluding hydrogens is 439 g/mol. The van der Waals surface area contributed by atoms with Gasteiger partial charge in [-0.1, -0.05) is 42.5 Å². The van der Waals surface area contributed by atoms with Gasteiger partial charge in [0.2, 0.25) is 5.91 Å². The maximum atomic E-state index is 14.6. The first kappa shape index (κ1) is 22.7. The Balaban J connectivity index is 1.22. The fourth-order valence-corrected chi connectivity index (χ4v) is 6.95. The van der Waals surface area contributed by atoms with Crippen molar-refractivity contribution in [2.45, 2.75) is 63.5 Å². The number of nitrogens with zero attached hydrogens (tertiary/aromatic N) is 2. The monoisotopic (exact) mass is 472 g/mol. The molecule has 2 atom stereocenters. The summed E-state index contributed by atoms with van der Waals surface area (Å²) in [6.07, 6.45) is 11.0. The van der Waals surface area contributed by atoms with Crippen molar-refractivity contribution in [2.75, 3.05) is 13.2 Å². The number of rotatable bonds is 5. The summed E-state index contributed by atoms with van der Waals surface area (Å²) in [5.41, 5.74) is 1.40. The van der Waals surface area contributed by atoms with Gasteiger partial charge in [0.05, 0.1) is 5.41 Å². The topological polar surface area (TPSA) is 42.4 Å². The summed E-state index contributed by atoms with van der Waals surface area (Å²) in [6.45, 7) is 1.14. The molecule has 0 N–H and O–H groups in total. The van der Waals surface area contributed by atoms with Crippen molar-refractivity contribution in [3.05, 3.63) is 77.9 Å². The van der Waals surface area contributed by atoms with E-state index in [1.807, 2.05) is 24.5 Å². The van der Waals surface area contributed by atoms with Crippen molar-refractivity contribution in [2.24, 2.45) is 11.3 Å². The standard InChI is InChI=1S/C30H33FN2O2/c31-28-8-4-2-5-22(28)18-30(11-13-35-14-12-30)29(34)33-25-9-10-26(33)17-21(16-25)15-24-20-32-19-23-6-1-3-7-27(23)24/h1-8,19-21,25-26H,9-18H2. The number of ether oxygens (including phenoxy) is 1. The van der Waals surface area contributed by atoms with E-state index >= 15 is 0 Å². The highest BCUT2D eigenvalue weighted by molar-refractivity contribution is 5.85. The largest absolute Gasteiger partial charge is 0.381 e. The zero-order valence-corrected chi connectivity index (χ0v) is 20.2. The van der Waals surface area contributed by atoms with Crippen molar-refractivity contribution in [3.63, 3.8) is 0 Å². The van der Waals surface area contributed by atoms with Crippen LogP contribution in [0.15, 0.2) is 60.9 Å². The van der Waals surface area contributed by atoms with Crippen LogP contribution < -0.4 is 0 Å². The van der Waals surface area contributed by atoms with Gasteiger partial charge in [-0.3, -0.25) is 9.78 Å². The molecule has 1 amide bonds. The highest BCUT2D eigenvalue weighted by Crippen LogP contribution is 2.45. The van der Waals surface area contributed by atoms with E-state index in [2.05, 4.69) is 34.1 Å². The summed E-state index contributed by atoms with van der Waals surface area (Å²) in [5.74, 6) is 0.583. The van der Waals surface area contributed by atoms with Gasteiger partial charge in [-0.25, -0.2) is 4.39 Å². The normalized spacial score (nSPS) is 25.6. The molecule has 6 rings (SSSR count). The first-order valence-corrected chi connectivity index (χ1v) is 13.1. The van der Waals surface area contributed by atoms with Crippen LogP contribution in [0.1, 0.15) is 49.7 Å². The Morgan fingerprint density at radius 2 is 1.69 bits per heavy atom. The van der Waals surface area contributed by atoms with E-state index in [1.54, 1.807) is 6.07 Å². The summed E-state index contributed by atoms with van der Waals surface area (Å²) in [5, 5.41) is 2.48. The van der Waals surface area contributed by atoms with Crippen molar-refractivity contribution in [1.29, 1.82) is 0 Å². The summed E-state index contributed by atoms with van der Waals surface area (Å²) >= 11 is 0. The number of carbonyl (C=O) groups excluding carboxylic acids is 1. The van der Waals surface area contributed by atoms with Gasteiger partial charge >= 0.3 is 0 Å². The molecule has 4 nitrogen and oxygen atoms in total. The number of pyridine rings is 1. The van der Waals surface area contributed by atoms with Gasteiger partial charge in [-0.15, -0.1) is 0 Å². The third-order valence-electron chi connectivity index (χ3n) is 8.71. The lowest BCUT2D eigenvalue weighted by atomic mass is 9.72. The number of amides is 1. The Morgan fingerprint density at radius 3 is 2.46 bits per heavy atom. The average Bonchev–Trinajstić information content (AvgIpc) is 3.15.